The fourth-order valence-electron chi connectivity index (χ4n) is 1.79. The fraction of sp³-hybridized carbons (Fsp3) is 0.133. The maximum Gasteiger partial charge on any atom is 0.508 e. The van der Waals surface area contributed by atoms with Gasteiger partial charge in [0.1, 0.15) is 6.10 Å². The topological polar surface area (TPSA) is 35.5 Å². The number of ether oxygens (including phenoxy) is 2. The van der Waals surface area contributed by atoms with E-state index >= 15 is 0 Å². The normalized spacial score (nSPS) is 11.8. The van der Waals surface area contributed by atoms with Crippen LogP contribution in [0.4, 0.5) is 4.79 Å². The summed E-state index contributed by atoms with van der Waals surface area (Å²) in [5, 5.41) is 2.23. The lowest BCUT2D eigenvalue weighted by Crippen LogP contribution is -2.09. The van der Waals surface area contributed by atoms with Gasteiger partial charge in [-0.1, -0.05) is 43.0 Å². The number of benzene rings is 2. The van der Waals surface area contributed by atoms with Crippen molar-refractivity contribution in [3.63, 3.8) is 0 Å². The first-order valence-corrected chi connectivity index (χ1v) is 5.60. The zero-order valence-corrected chi connectivity index (χ0v) is 10.1. The summed E-state index contributed by atoms with van der Waals surface area (Å²) in [6.07, 6.45) is 0.358. The summed E-state index contributed by atoms with van der Waals surface area (Å²) in [6.45, 7) is 3.67. The summed E-state index contributed by atoms with van der Waals surface area (Å²) in [7, 11) is 1.28. The molecule has 0 saturated carbocycles. The summed E-state index contributed by atoms with van der Waals surface area (Å²) >= 11 is 0. The molecule has 2 aromatic carbocycles. The van der Waals surface area contributed by atoms with Crippen molar-refractivity contribution in [1.29, 1.82) is 0 Å². The van der Waals surface area contributed by atoms with Gasteiger partial charge in [0.05, 0.1) is 7.11 Å². The highest BCUT2D eigenvalue weighted by molar-refractivity contribution is 5.83. The van der Waals surface area contributed by atoms with Crippen molar-refractivity contribution in [2.24, 2.45) is 0 Å². The summed E-state index contributed by atoms with van der Waals surface area (Å²) in [5.41, 5.74) is 0.870. The second kappa shape index (κ2) is 5.36. The summed E-state index contributed by atoms with van der Waals surface area (Å²) in [5.74, 6) is 0. The van der Waals surface area contributed by atoms with Gasteiger partial charge in [0.15, 0.2) is 0 Å². The first-order valence-electron chi connectivity index (χ1n) is 5.60. The Bertz CT molecular complexity index is 575. The van der Waals surface area contributed by atoms with Crippen LogP contribution in [0.15, 0.2) is 55.1 Å². The number of carbonyl (C=O) groups is 1. The Labute approximate surface area is 106 Å². The maximum atomic E-state index is 11.1. The van der Waals surface area contributed by atoms with Crippen LogP contribution in [0, 0.1) is 0 Å². The molecule has 0 heterocycles. The van der Waals surface area contributed by atoms with Crippen molar-refractivity contribution in [2.75, 3.05) is 7.11 Å². The lowest BCUT2D eigenvalue weighted by Gasteiger charge is -2.13. The van der Waals surface area contributed by atoms with Crippen LogP contribution in [0.25, 0.3) is 10.8 Å². The number of fused-ring (bicyclic) bond motifs is 1. The zero-order chi connectivity index (χ0) is 13.0. The lowest BCUT2D eigenvalue weighted by molar-refractivity contribution is 0.0523. The molecule has 2 rings (SSSR count). The van der Waals surface area contributed by atoms with E-state index in [0.717, 1.165) is 16.3 Å². The minimum absolute atomic E-state index is 0.498. The third kappa shape index (κ3) is 2.51. The van der Waals surface area contributed by atoms with Gasteiger partial charge >= 0.3 is 6.16 Å². The fourth-order valence-corrected chi connectivity index (χ4v) is 1.79. The van der Waals surface area contributed by atoms with Gasteiger partial charge in [-0.25, -0.2) is 4.79 Å². The average Bonchev–Trinajstić information content (AvgIpc) is 2.44. The molecular formula is C15H14O3. The second-order valence-electron chi connectivity index (χ2n) is 3.83. The van der Waals surface area contributed by atoms with Crippen molar-refractivity contribution < 1.29 is 14.3 Å². The van der Waals surface area contributed by atoms with Gasteiger partial charge in [-0.05, 0) is 28.5 Å². The number of hydrogen-bond acceptors (Lipinski definition) is 3. The highest BCUT2D eigenvalue weighted by atomic mass is 16.7. The molecule has 0 aliphatic rings. The molecule has 0 aliphatic carbocycles. The van der Waals surface area contributed by atoms with E-state index in [-0.39, 0.29) is 0 Å². The molecule has 0 bridgehead atoms. The molecule has 0 N–H and O–H groups in total. The van der Waals surface area contributed by atoms with Crippen LogP contribution in [-0.2, 0) is 9.47 Å². The predicted octanol–water partition coefficient (Wildman–Crippen LogP) is 3.85. The minimum atomic E-state index is -0.715. The Morgan fingerprint density at radius 1 is 1.22 bits per heavy atom. The van der Waals surface area contributed by atoms with Crippen molar-refractivity contribution in [2.45, 2.75) is 6.10 Å². The Morgan fingerprint density at radius 2 is 1.94 bits per heavy atom. The number of methoxy groups -OCH3 is 1. The SMILES string of the molecule is C=C[C@@H](OC(=O)OC)c1ccc2ccccc2c1. The van der Waals surface area contributed by atoms with Crippen LogP contribution >= 0.6 is 0 Å². The third-order valence-electron chi connectivity index (χ3n) is 2.71. The quantitative estimate of drug-likeness (QED) is 0.605. The largest absolute Gasteiger partial charge is 0.508 e. The molecule has 3 heteroatoms. The van der Waals surface area contributed by atoms with E-state index in [4.69, 9.17) is 4.74 Å². The molecule has 0 aliphatic heterocycles. The predicted molar refractivity (Wildman–Crippen MR) is 70.4 cm³/mol. The first kappa shape index (κ1) is 12.2. The molecule has 0 saturated heterocycles. The lowest BCUT2D eigenvalue weighted by atomic mass is 10.0. The monoisotopic (exact) mass is 242 g/mol. The Morgan fingerprint density at radius 3 is 2.61 bits per heavy atom. The number of rotatable bonds is 3. The number of hydrogen-bond donors (Lipinski definition) is 0. The van der Waals surface area contributed by atoms with E-state index in [9.17, 15) is 4.79 Å². The smallest absolute Gasteiger partial charge is 0.438 e. The van der Waals surface area contributed by atoms with Gasteiger partial charge < -0.3 is 9.47 Å². The first-order chi connectivity index (χ1) is 8.74. The Balaban J connectivity index is 2.33. The van der Waals surface area contributed by atoms with E-state index in [1.165, 1.54) is 7.11 Å². The standard InChI is InChI=1S/C15H14O3/c1-3-14(18-15(16)17-2)13-9-8-11-6-4-5-7-12(11)10-13/h3-10,14H,1H2,2H3/t14-/m1/s1. The molecule has 92 valence electrons. The van der Waals surface area contributed by atoms with Gasteiger partial charge in [-0.2, -0.15) is 0 Å². The molecule has 0 fully saturated rings. The van der Waals surface area contributed by atoms with Crippen LogP contribution < -0.4 is 0 Å². The number of carbonyl (C=O) groups excluding carboxylic acids is 1. The van der Waals surface area contributed by atoms with E-state index in [0.29, 0.717) is 0 Å². The van der Waals surface area contributed by atoms with E-state index in [1.807, 2.05) is 42.5 Å². The molecule has 0 radical (unpaired) electrons. The minimum Gasteiger partial charge on any atom is -0.438 e. The molecule has 2 aromatic rings. The maximum absolute atomic E-state index is 11.1. The highest BCUT2D eigenvalue weighted by Crippen LogP contribution is 2.23. The molecule has 0 aromatic heterocycles. The molecule has 0 unspecified atom stereocenters. The van der Waals surface area contributed by atoms with E-state index < -0.39 is 12.3 Å². The Kier molecular flexibility index (Phi) is 3.63. The third-order valence-corrected chi connectivity index (χ3v) is 2.71. The summed E-state index contributed by atoms with van der Waals surface area (Å²) < 4.78 is 9.59. The Hall–Kier alpha value is -2.29. The molecular weight excluding hydrogens is 228 g/mol. The van der Waals surface area contributed by atoms with Gasteiger partial charge in [0.25, 0.3) is 0 Å². The van der Waals surface area contributed by atoms with Gasteiger partial charge in [0.2, 0.25) is 0 Å². The van der Waals surface area contributed by atoms with Crippen molar-refractivity contribution >= 4 is 16.9 Å². The van der Waals surface area contributed by atoms with Crippen LogP contribution in [0.5, 0.6) is 0 Å². The van der Waals surface area contributed by atoms with E-state index in [1.54, 1.807) is 6.08 Å². The van der Waals surface area contributed by atoms with E-state index in [2.05, 4.69) is 11.3 Å². The molecule has 18 heavy (non-hydrogen) atoms. The molecule has 0 amide bonds. The van der Waals surface area contributed by atoms with Crippen LogP contribution in [0.2, 0.25) is 0 Å². The average molecular weight is 242 g/mol. The zero-order valence-electron chi connectivity index (χ0n) is 10.1. The molecule has 1 atom stereocenters. The van der Waals surface area contributed by atoms with Gasteiger partial charge in [-0.3, -0.25) is 0 Å². The molecule has 3 nitrogen and oxygen atoms in total. The van der Waals surface area contributed by atoms with Gasteiger partial charge in [-0.15, -0.1) is 0 Å². The summed E-state index contributed by atoms with van der Waals surface area (Å²) in [4.78, 5) is 11.1. The van der Waals surface area contributed by atoms with Crippen LogP contribution in [0.3, 0.4) is 0 Å². The van der Waals surface area contributed by atoms with Gasteiger partial charge in [0, 0.05) is 0 Å². The highest BCUT2D eigenvalue weighted by Gasteiger charge is 2.13. The van der Waals surface area contributed by atoms with Crippen molar-refractivity contribution in [1.82, 2.24) is 0 Å². The van der Waals surface area contributed by atoms with Crippen molar-refractivity contribution in [3.8, 4) is 0 Å². The van der Waals surface area contributed by atoms with Crippen molar-refractivity contribution in [3.05, 3.63) is 60.7 Å². The molecule has 0 spiro atoms. The van der Waals surface area contributed by atoms with Crippen LogP contribution in [0.1, 0.15) is 11.7 Å². The van der Waals surface area contributed by atoms with Crippen LogP contribution in [-0.4, -0.2) is 13.3 Å². The summed E-state index contributed by atoms with van der Waals surface area (Å²) in [6, 6.07) is 13.9. The second-order valence-corrected chi connectivity index (χ2v) is 3.83.